The summed E-state index contributed by atoms with van der Waals surface area (Å²) in [7, 11) is 0. The number of halogens is 2. The van der Waals surface area contributed by atoms with Crippen molar-refractivity contribution in [2.45, 2.75) is 24.3 Å². The average molecular weight is 227 g/mol. The molecule has 0 amide bonds. The summed E-state index contributed by atoms with van der Waals surface area (Å²) in [6, 6.07) is 0. The van der Waals surface area contributed by atoms with Gasteiger partial charge in [-0.2, -0.15) is 0 Å². The van der Waals surface area contributed by atoms with Gasteiger partial charge in [-0.05, 0) is 13.3 Å². The molecule has 1 rings (SSSR count). The van der Waals surface area contributed by atoms with Crippen molar-refractivity contribution in [3.05, 3.63) is 0 Å². The summed E-state index contributed by atoms with van der Waals surface area (Å²) in [5.74, 6) is -0.168. The fraction of sp³-hybridized carbons (Fsp3) is 0.875. The van der Waals surface area contributed by atoms with Crippen LogP contribution >= 0.6 is 23.2 Å². The molecule has 0 bridgehead atoms. The van der Waals surface area contributed by atoms with Gasteiger partial charge in [0.1, 0.15) is 0 Å². The normalized spacial score (nSPS) is 25.0. The quantitative estimate of drug-likeness (QED) is 0.545. The van der Waals surface area contributed by atoms with Gasteiger partial charge in [-0.25, -0.2) is 0 Å². The van der Waals surface area contributed by atoms with Gasteiger partial charge in [0.25, 0.3) is 0 Å². The molecule has 1 unspecified atom stereocenters. The van der Waals surface area contributed by atoms with E-state index in [2.05, 4.69) is 0 Å². The van der Waals surface area contributed by atoms with E-state index < -0.39 is 4.52 Å². The molecule has 0 radical (unpaired) electrons. The van der Waals surface area contributed by atoms with Crippen molar-refractivity contribution >= 4 is 29.2 Å². The van der Waals surface area contributed by atoms with Crippen molar-refractivity contribution in [1.29, 1.82) is 0 Å². The largest absolute Gasteiger partial charge is 0.466 e. The van der Waals surface area contributed by atoms with Crippen LogP contribution in [0.3, 0.4) is 0 Å². The lowest BCUT2D eigenvalue weighted by atomic mass is 10.0. The average Bonchev–Trinajstić information content (AvgIpc) is 2.03. The van der Waals surface area contributed by atoms with E-state index in [9.17, 15) is 4.79 Å². The monoisotopic (exact) mass is 226 g/mol. The second kappa shape index (κ2) is 4.49. The molecule has 1 aliphatic heterocycles. The van der Waals surface area contributed by atoms with Crippen LogP contribution in [0, 0.1) is 5.92 Å². The second-order valence-corrected chi connectivity index (χ2v) is 4.23. The Balaban J connectivity index is 2.16. The summed E-state index contributed by atoms with van der Waals surface area (Å²) in [4.78, 5) is 10.9. The molecule has 0 aromatic carbocycles. The van der Waals surface area contributed by atoms with Crippen LogP contribution in [0.5, 0.6) is 0 Å². The van der Waals surface area contributed by atoms with E-state index in [4.69, 9.17) is 32.7 Å². The second-order valence-electron chi connectivity index (χ2n) is 2.91. The molecule has 3 nitrogen and oxygen atoms in total. The molecule has 1 aliphatic rings. The molecule has 0 aromatic rings. The SMILES string of the molecule is CCOC(=O)CCC1COC1(Cl)Cl. The molecule has 5 heteroatoms. The minimum atomic E-state index is -1.09. The third kappa shape index (κ3) is 3.01. The molecule has 1 fully saturated rings. The zero-order chi connectivity index (χ0) is 9.90. The first kappa shape index (κ1) is 11.1. The zero-order valence-corrected chi connectivity index (χ0v) is 8.90. The maximum atomic E-state index is 10.9. The van der Waals surface area contributed by atoms with Gasteiger partial charge in [0.05, 0.1) is 13.2 Å². The summed E-state index contributed by atoms with van der Waals surface area (Å²) in [6.45, 7) is 2.71. The highest BCUT2D eigenvalue weighted by Gasteiger charge is 2.45. The Bertz CT molecular complexity index is 194. The molecule has 0 N–H and O–H groups in total. The van der Waals surface area contributed by atoms with E-state index in [-0.39, 0.29) is 11.9 Å². The molecule has 0 aromatic heterocycles. The highest BCUT2D eigenvalue weighted by molar-refractivity contribution is 6.47. The zero-order valence-electron chi connectivity index (χ0n) is 7.39. The molecule has 0 saturated carbocycles. The third-order valence-electron chi connectivity index (χ3n) is 1.95. The van der Waals surface area contributed by atoms with Crippen molar-refractivity contribution in [3.8, 4) is 0 Å². The molecule has 0 aliphatic carbocycles. The topological polar surface area (TPSA) is 35.5 Å². The van der Waals surface area contributed by atoms with E-state index in [1.165, 1.54) is 0 Å². The summed E-state index contributed by atoms with van der Waals surface area (Å²) in [5, 5.41) is 0. The standard InChI is InChI=1S/C8H12Cl2O3/c1-2-12-7(11)4-3-6-5-13-8(6,9)10/h6H,2-5H2,1H3. The lowest BCUT2D eigenvalue weighted by Crippen LogP contribution is -2.44. The number of carbonyl (C=O) groups excluding carboxylic acids is 1. The highest BCUT2D eigenvalue weighted by Crippen LogP contribution is 2.43. The minimum absolute atomic E-state index is 0.0419. The number of rotatable bonds is 4. The van der Waals surface area contributed by atoms with E-state index >= 15 is 0 Å². The molecule has 76 valence electrons. The molecule has 1 heterocycles. The third-order valence-corrected chi connectivity index (χ3v) is 2.79. The highest BCUT2D eigenvalue weighted by atomic mass is 35.5. The Hall–Kier alpha value is 0.01000. The maximum Gasteiger partial charge on any atom is 0.305 e. The van der Waals surface area contributed by atoms with Crippen LogP contribution in [0.4, 0.5) is 0 Å². The first-order valence-corrected chi connectivity index (χ1v) is 4.99. The van der Waals surface area contributed by atoms with Crippen molar-refractivity contribution in [1.82, 2.24) is 0 Å². The number of alkyl halides is 2. The molecule has 0 spiro atoms. The van der Waals surface area contributed by atoms with Gasteiger partial charge in [0.15, 0.2) is 0 Å². The van der Waals surface area contributed by atoms with Crippen LogP contribution in [0.15, 0.2) is 0 Å². The van der Waals surface area contributed by atoms with Crippen LogP contribution in [-0.4, -0.2) is 23.7 Å². The molecule has 1 saturated heterocycles. The fourth-order valence-electron chi connectivity index (χ4n) is 1.10. The number of hydrogen-bond acceptors (Lipinski definition) is 3. The van der Waals surface area contributed by atoms with Gasteiger partial charge in [-0.1, -0.05) is 23.2 Å². The summed E-state index contributed by atoms with van der Waals surface area (Å²) < 4.78 is 8.57. The number of hydrogen-bond donors (Lipinski definition) is 0. The van der Waals surface area contributed by atoms with E-state index in [1.54, 1.807) is 6.92 Å². The Labute approximate surface area is 87.3 Å². The Morgan fingerprint density at radius 3 is 2.77 bits per heavy atom. The van der Waals surface area contributed by atoms with Crippen LogP contribution in [0.2, 0.25) is 0 Å². The molecular weight excluding hydrogens is 215 g/mol. The van der Waals surface area contributed by atoms with Gasteiger partial charge in [0.2, 0.25) is 4.52 Å². The lowest BCUT2D eigenvalue weighted by Gasteiger charge is -2.39. The minimum Gasteiger partial charge on any atom is -0.466 e. The predicted molar refractivity (Wildman–Crippen MR) is 49.7 cm³/mol. The van der Waals surface area contributed by atoms with Gasteiger partial charge >= 0.3 is 5.97 Å². The van der Waals surface area contributed by atoms with Crippen molar-refractivity contribution in [3.63, 3.8) is 0 Å². The summed E-state index contributed by atoms with van der Waals surface area (Å²) >= 11 is 11.4. The van der Waals surface area contributed by atoms with Gasteiger partial charge in [0, 0.05) is 12.3 Å². The van der Waals surface area contributed by atoms with Crippen LogP contribution in [0.1, 0.15) is 19.8 Å². The maximum absolute atomic E-state index is 10.9. The van der Waals surface area contributed by atoms with Crippen molar-refractivity contribution in [2.75, 3.05) is 13.2 Å². The fourth-order valence-corrected chi connectivity index (χ4v) is 1.57. The van der Waals surface area contributed by atoms with E-state index in [1.807, 2.05) is 0 Å². The summed E-state index contributed by atoms with van der Waals surface area (Å²) in [5.41, 5.74) is 0. The van der Waals surface area contributed by atoms with Crippen LogP contribution < -0.4 is 0 Å². The number of carbonyl (C=O) groups is 1. The molecular formula is C8H12Cl2O3. The van der Waals surface area contributed by atoms with Crippen molar-refractivity contribution < 1.29 is 14.3 Å². The van der Waals surface area contributed by atoms with Crippen molar-refractivity contribution in [2.24, 2.45) is 5.92 Å². The first-order valence-electron chi connectivity index (χ1n) is 4.23. The van der Waals surface area contributed by atoms with Gasteiger partial charge in [-0.3, -0.25) is 4.79 Å². The molecule has 13 heavy (non-hydrogen) atoms. The Kier molecular flexibility index (Phi) is 3.83. The van der Waals surface area contributed by atoms with E-state index in [0.29, 0.717) is 26.1 Å². The lowest BCUT2D eigenvalue weighted by molar-refractivity contribution is -0.145. The number of esters is 1. The van der Waals surface area contributed by atoms with Crippen LogP contribution in [0.25, 0.3) is 0 Å². The summed E-state index contributed by atoms with van der Waals surface area (Å²) in [6.07, 6.45) is 0.967. The Morgan fingerprint density at radius 2 is 2.38 bits per heavy atom. The first-order chi connectivity index (χ1) is 6.06. The predicted octanol–water partition coefficient (Wildman–Crippen LogP) is 2.11. The van der Waals surface area contributed by atoms with Crippen LogP contribution in [-0.2, 0) is 14.3 Å². The molecule has 1 atom stereocenters. The van der Waals surface area contributed by atoms with E-state index in [0.717, 1.165) is 0 Å². The Morgan fingerprint density at radius 1 is 1.69 bits per heavy atom. The number of ether oxygens (including phenoxy) is 2. The van der Waals surface area contributed by atoms with Gasteiger partial charge in [-0.15, -0.1) is 0 Å². The van der Waals surface area contributed by atoms with Gasteiger partial charge < -0.3 is 9.47 Å². The smallest absolute Gasteiger partial charge is 0.305 e.